The molecule has 7 nitrogen and oxygen atoms in total. The van der Waals surface area contributed by atoms with E-state index in [0.29, 0.717) is 38.3 Å². The Kier molecular flexibility index (Phi) is 6.81. The summed E-state index contributed by atoms with van der Waals surface area (Å²) < 4.78 is 5.76. The van der Waals surface area contributed by atoms with Gasteiger partial charge in [-0.3, -0.25) is 10.1 Å². The molecule has 0 aliphatic carbocycles. The fourth-order valence-electron chi connectivity index (χ4n) is 3.42. The summed E-state index contributed by atoms with van der Waals surface area (Å²) in [7, 11) is 0. The van der Waals surface area contributed by atoms with Crippen molar-refractivity contribution in [3.05, 3.63) is 101 Å². The minimum absolute atomic E-state index is 0.144. The maximum Gasteiger partial charge on any atom is 0.250 e. The van der Waals surface area contributed by atoms with Crippen molar-refractivity contribution < 1.29 is 9.21 Å². The molecule has 0 saturated heterocycles. The largest absolute Gasteiger partial charge is 0.457 e. The van der Waals surface area contributed by atoms with Crippen LogP contribution in [-0.2, 0) is 4.79 Å². The number of thiocarbonyl (C=S) groups is 1. The maximum atomic E-state index is 12.3. The van der Waals surface area contributed by atoms with Gasteiger partial charge in [-0.2, -0.15) is 4.80 Å². The van der Waals surface area contributed by atoms with Crippen molar-refractivity contribution in [2.45, 2.75) is 0 Å². The van der Waals surface area contributed by atoms with Crippen molar-refractivity contribution in [3.8, 4) is 17.0 Å². The molecule has 10 heteroatoms. The smallest absolute Gasteiger partial charge is 0.250 e. The minimum Gasteiger partial charge on any atom is -0.457 e. The first kappa shape index (κ1) is 23.7. The van der Waals surface area contributed by atoms with Crippen LogP contribution in [0.3, 0.4) is 0 Å². The predicted molar refractivity (Wildman–Crippen MR) is 146 cm³/mol. The summed E-state index contributed by atoms with van der Waals surface area (Å²) >= 11 is 17.6. The monoisotopic (exact) mass is 533 g/mol. The highest BCUT2D eigenvalue weighted by atomic mass is 35.5. The van der Waals surface area contributed by atoms with Crippen molar-refractivity contribution in [2.24, 2.45) is 0 Å². The van der Waals surface area contributed by atoms with Gasteiger partial charge in [0.1, 0.15) is 22.6 Å². The summed E-state index contributed by atoms with van der Waals surface area (Å²) in [6, 6.07) is 23.8. The number of fused-ring (bicyclic) bond motifs is 1. The average molecular weight is 534 g/mol. The second-order valence-electron chi connectivity index (χ2n) is 7.61. The predicted octanol–water partition coefficient (Wildman–Crippen LogP) is 6.51. The Hall–Kier alpha value is -3.98. The SMILES string of the molecule is O=C(C=Cc1ccc(-c2cccc(Cl)c2Cl)o1)NC(=S)Nc1ccc2nn(-c3ccccc3)nc2c1. The van der Waals surface area contributed by atoms with Crippen LogP contribution in [0.4, 0.5) is 5.69 Å². The van der Waals surface area contributed by atoms with Crippen LogP contribution in [0.15, 0.2) is 89.4 Å². The Morgan fingerprint density at radius 2 is 1.75 bits per heavy atom. The summed E-state index contributed by atoms with van der Waals surface area (Å²) in [5.41, 5.74) is 3.62. The average Bonchev–Trinajstić information content (AvgIpc) is 3.52. The third-order valence-corrected chi connectivity index (χ3v) is 6.13. The molecule has 5 aromatic rings. The fourth-order valence-corrected chi connectivity index (χ4v) is 4.04. The second kappa shape index (κ2) is 10.3. The second-order valence-corrected chi connectivity index (χ2v) is 8.80. The molecule has 0 aliphatic rings. The van der Waals surface area contributed by atoms with Gasteiger partial charge in [0.15, 0.2) is 5.11 Å². The van der Waals surface area contributed by atoms with Gasteiger partial charge in [-0.15, -0.1) is 10.2 Å². The van der Waals surface area contributed by atoms with Gasteiger partial charge in [0.2, 0.25) is 5.91 Å². The standard InChI is InChI=1S/C26H17Cl2N5O2S/c27-20-8-4-7-19(25(20)28)23-13-10-18(35-23)11-14-24(34)30-26(36)29-16-9-12-21-22(15-16)32-33(31-21)17-5-2-1-3-6-17/h1-15H,(H2,29,30,34,36). The Morgan fingerprint density at radius 1 is 0.944 bits per heavy atom. The maximum absolute atomic E-state index is 12.3. The molecule has 0 aliphatic heterocycles. The number of anilines is 1. The number of furan rings is 1. The number of hydrogen-bond acceptors (Lipinski definition) is 5. The summed E-state index contributed by atoms with van der Waals surface area (Å²) in [5.74, 6) is 0.601. The number of carbonyl (C=O) groups is 1. The number of aromatic nitrogens is 3. The zero-order valence-corrected chi connectivity index (χ0v) is 20.8. The summed E-state index contributed by atoms with van der Waals surface area (Å²) in [6.07, 6.45) is 2.86. The zero-order valence-electron chi connectivity index (χ0n) is 18.5. The van der Waals surface area contributed by atoms with Crippen LogP contribution in [0.1, 0.15) is 5.76 Å². The van der Waals surface area contributed by atoms with Crippen LogP contribution in [0.25, 0.3) is 34.1 Å². The molecule has 36 heavy (non-hydrogen) atoms. The molecule has 2 N–H and O–H groups in total. The Balaban J connectivity index is 1.21. The third kappa shape index (κ3) is 5.31. The lowest BCUT2D eigenvalue weighted by molar-refractivity contribution is -0.115. The Bertz CT molecular complexity index is 1610. The molecule has 0 bridgehead atoms. The van der Waals surface area contributed by atoms with Crippen molar-refractivity contribution in [1.82, 2.24) is 20.3 Å². The molecule has 0 unspecified atom stereocenters. The van der Waals surface area contributed by atoms with E-state index in [1.54, 1.807) is 41.2 Å². The number of para-hydroxylation sites is 1. The van der Waals surface area contributed by atoms with Crippen LogP contribution in [0.2, 0.25) is 10.0 Å². The van der Waals surface area contributed by atoms with Crippen LogP contribution in [0, 0.1) is 0 Å². The van der Waals surface area contributed by atoms with E-state index in [1.807, 2.05) is 42.5 Å². The van der Waals surface area contributed by atoms with E-state index < -0.39 is 5.91 Å². The highest BCUT2D eigenvalue weighted by Crippen LogP contribution is 2.34. The lowest BCUT2D eigenvalue weighted by Crippen LogP contribution is -2.32. The van der Waals surface area contributed by atoms with Crippen molar-refractivity contribution >= 4 is 69.2 Å². The normalized spacial score (nSPS) is 11.2. The molecule has 2 heterocycles. The Morgan fingerprint density at radius 3 is 2.58 bits per heavy atom. The molecule has 0 fully saturated rings. The van der Waals surface area contributed by atoms with Crippen molar-refractivity contribution in [2.75, 3.05) is 5.32 Å². The number of halogens is 2. The van der Waals surface area contributed by atoms with Gasteiger partial charge < -0.3 is 9.73 Å². The minimum atomic E-state index is -0.415. The number of hydrogen-bond donors (Lipinski definition) is 2. The first-order valence-electron chi connectivity index (χ1n) is 10.7. The van der Waals surface area contributed by atoms with Crippen LogP contribution in [-0.4, -0.2) is 26.0 Å². The topological polar surface area (TPSA) is 85.0 Å². The van der Waals surface area contributed by atoms with E-state index in [0.717, 1.165) is 11.2 Å². The number of nitrogens with one attached hydrogen (secondary N) is 2. The van der Waals surface area contributed by atoms with Gasteiger partial charge in [-0.25, -0.2) is 0 Å². The van der Waals surface area contributed by atoms with E-state index in [4.69, 9.17) is 39.8 Å². The molecule has 0 saturated carbocycles. The fraction of sp³-hybridized carbons (Fsp3) is 0. The molecular formula is C26H17Cl2N5O2S. The zero-order chi connectivity index (χ0) is 25.1. The van der Waals surface area contributed by atoms with Crippen molar-refractivity contribution in [1.29, 1.82) is 0 Å². The third-order valence-electron chi connectivity index (χ3n) is 5.10. The molecular weight excluding hydrogens is 517 g/mol. The molecule has 5 rings (SSSR count). The van der Waals surface area contributed by atoms with E-state index in [2.05, 4.69) is 20.8 Å². The number of nitrogens with zero attached hydrogens (tertiary/aromatic N) is 3. The quantitative estimate of drug-likeness (QED) is 0.198. The number of amides is 1. The Labute approximate surface area is 221 Å². The van der Waals surface area contributed by atoms with Gasteiger partial charge in [0, 0.05) is 17.3 Å². The van der Waals surface area contributed by atoms with Gasteiger partial charge in [0.05, 0.1) is 15.7 Å². The summed E-state index contributed by atoms with van der Waals surface area (Å²) in [5, 5.41) is 15.6. The number of benzene rings is 3. The molecule has 0 spiro atoms. The number of rotatable bonds is 5. The van der Waals surface area contributed by atoms with Gasteiger partial charge in [-0.05, 0) is 72.9 Å². The van der Waals surface area contributed by atoms with Gasteiger partial charge in [0.25, 0.3) is 0 Å². The highest BCUT2D eigenvalue weighted by molar-refractivity contribution is 7.80. The summed E-state index contributed by atoms with van der Waals surface area (Å²) in [6.45, 7) is 0. The van der Waals surface area contributed by atoms with Crippen LogP contribution >= 0.6 is 35.4 Å². The van der Waals surface area contributed by atoms with Gasteiger partial charge in [-0.1, -0.05) is 47.5 Å². The molecule has 0 atom stereocenters. The van der Waals surface area contributed by atoms with E-state index in [-0.39, 0.29) is 5.11 Å². The number of carbonyl (C=O) groups excluding carboxylic acids is 1. The first-order valence-corrected chi connectivity index (χ1v) is 11.9. The van der Waals surface area contributed by atoms with E-state index in [1.165, 1.54) is 12.2 Å². The molecule has 1 amide bonds. The van der Waals surface area contributed by atoms with E-state index >= 15 is 0 Å². The highest BCUT2D eigenvalue weighted by Gasteiger charge is 2.11. The molecule has 178 valence electrons. The van der Waals surface area contributed by atoms with Crippen molar-refractivity contribution in [3.63, 3.8) is 0 Å². The van der Waals surface area contributed by atoms with Crippen LogP contribution in [0.5, 0.6) is 0 Å². The lowest BCUT2D eigenvalue weighted by Gasteiger charge is -2.07. The summed E-state index contributed by atoms with van der Waals surface area (Å²) in [4.78, 5) is 13.9. The molecule has 3 aromatic carbocycles. The van der Waals surface area contributed by atoms with E-state index in [9.17, 15) is 4.79 Å². The molecule has 2 aromatic heterocycles. The molecule has 0 radical (unpaired) electrons. The van der Waals surface area contributed by atoms with Crippen LogP contribution < -0.4 is 10.6 Å². The van der Waals surface area contributed by atoms with Gasteiger partial charge >= 0.3 is 0 Å². The first-order chi connectivity index (χ1) is 17.5. The lowest BCUT2D eigenvalue weighted by atomic mass is 10.2.